The lowest BCUT2D eigenvalue weighted by Crippen LogP contribution is -2.27. The maximum atomic E-state index is 12.9. The van der Waals surface area contributed by atoms with Gasteiger partial charge in [-0.1, -0.05) is 6.92 Å². The lowest BCUT2D eigenvalue weighted by Gasteiger charge is -2.10. The van der Waals surface area contributed by atoms with Gasteiger partial charge in [0.05, 0.1) is 0 Å². The molecule has 1 unspecified atom stereocenters. The third kappa shape index (κ3) is 4.23. The molecule has 2 nitrogen and oxygen atoms in total. The summed E-state index contributed by atoms with van der Waals surface area (Å²) in [6, 6.07) is 3.59. The molecule has 0 radical (unpaired) electrons. The molecule has 1 aromatic rings. The highest BCUT2D eigenvalue weighted by atomic mass is 19.2. The molecule has 0 amide bonds. The van der Waals surface area contributed by atoms with Crippen LogP contribution in [0.2, 0.25) is 0 Å². The number of carbonyl (C=O) groups is 1. The largest absolute Gasteiger partial charge is 0.314 e. The molecule has 94 valence electrons. The maximum absolute atomic E-state index is 12.9. The summed E-state index contributed by atoms with van der Waals surface area (Å²) in [7, 11) is 0. The lowest BCUT2D eigenvalue weighted by molar-refractivity contribution is 0.0981. The van der Waals surface area contributed by atoms with Crippen LogP contribution in [0.4, 0.5) is 8.78 Å². The summed E-state index contributed by atoms with van der Waals surface area (Å²) in [4.78, 5) is 11.6. The van der Waals surface area contributed by atoms with E-state index in [2.05, 4.69) is 12.2 Å². The van der Waals surface area contributed by atoms with E-state index in [1.54, 1.807) is 0 Å². The van der Waals surface area contributed by atoms with E-state index in [9.17, 15) is 13.6 Å². The standard InChI is InChI=1S/C13H17F2NO/c1-3-9(2)16-7-6-13(17)10-4-5-11(14)12(15)8-10/h4-5,8-9,16H,3,6-7H2,1-2H3. The predicted molar refractivity (Wildman–Crippen MR) is 63.1 cm³/mol. The van der Waals surface area contributed by atoms with E-state index < -0.39 is 11.6 Å². The molecule has 17 heavy (non-hydrogen) atoms. The molecule has 1 atom stereocenters. The molecule has 0 spiro atoms. The zero-order valence-corrected chi connectivity index (χ0v) is 10.1. The van der Waals surface area contributed by atoms with Crippen LogP contribution in [0.15, 0.2) is 18.2 Å². The quantitative estimate of drug-likeness (QED) is 0.776. The molecule has 4 heteroatoms. The van der Waals surface area contributed by atoms with Crippen LogP contribution in [0.25, 0.3) is 0 Å². The van der Waals surface area contributed by atoms with Crippen molar-refractivity contribution < 1.29 is 13.6 Å². The van der Waals surface area contributed by atoms with E-state index in [0.717, 1.165) is 18.6 Å². The average Bonchev–Trinajstić information content (AvgIpc) is 2.32. The van der Waals surface area contributed by atoms with Crippen molar-refractivity contribution in [1.29, 1.82) is 0 Å². The monoisotopic (exact) mass is 241 g/mol. The summed E-state index contributed by atoms with van der Waals surface area (Å²) in [6.07, 6.45) is 1.27. The second-order valence-electron chi connectivity index (χ2n) is 4.07. The number of ketones is 1. The van der Waals surface area contributed by atoms with Crippen LogP contribution in [0.3, 0.4) is 0 Å². The van der Waals surface area contributed by atoms with Crippen molar-refractivity contribution in [1.82, 2.24) is 5.32 Å². The van der Waals surface area contributed by atoms with Gasteiger partial charge in [-0.3, -0.25) is 4.79 Å². The van der Waals surface area contributed by atoms with Crippen molar-refractivity contribution in [2.75, 3.05) is 6.54 Å². The molecule has 1 rings (SSSR count). The van der Waals surface area contributed by atoms with Crippen molar-refractivity contribution in [2.24, 2.45) is 0 Å². The molecule has 0 bridgehead atoms. The number of nitrogens with one attached hydrogen (secondary N) is 1. The molecule has 0 aliphatic heterocycles. The fourth-order valence-corrected chi connectivity index (χ4v) is 1.39. The number of halogens is 2. The topological polar surface area (TPSA) is 29.1 Å². The van der Waals surface area contributed by atoms with Gasteiger partial charge in [-0.25, -0.2) is 8.78 Å². The molecular weight excluding hydrogens is 224 g/mol. The predicted octanol–water partition coefficient (Wildman–Crippen LogP) is 2.93. The van der Waals surface area contributed by atoms with Crippen molar-refractivity contribution in [3.05, 3.63) is 35.4 Å². The van der Waals surface area contributed by atoms with Crippen molar-refractivity contribution >= 4 is 5.78 Å². The molecule has 0 saturated carbocycles. The van der Waals surface area contributed by atoms with Gasteiger partial charge in [0.25, 0.3) is 0 Å². The highest BCUT2D eigenvalue weighted by Crippen LogP contribution is 2.10. The third-order valence-electron chi connectivity index (χ3n) is 2.70. The van der Waals surface area contributed by atoms with Gasteiger partial charge in [0.1, 0.15) is 0 Å². The molecule has 0 saturated heterocycles. The minimum absolute atomic E-state index is 0.181. The number of hydrogen-bond acceptors (Lipinski definition) is 2. The van der Waals surface area contributed by atoms with Crippen LogP contribution < -0.4 is 5.32 Å². The highest BCUT2D eigenvalue weighted by molar-refractivity contribution is 5.96. The maximum Gasteiger partial charge on any atom is 0.164 e. The Bertz CT molecular complexity index is 393. The van der Waals surface area contributed by atoms with Gasteiger partial charge < -0.3 is 5.32 Å². The summed E-state index contributed by atoms with van der Waals surface area (Å²) in [6.45, 7) is 4.63. The van der Waals surface area contributed by atoms with Gasteiger partial charge in [0.15, 0.2) is 17.4 Å². The van der Waals surface area contributed by atoms with E-state index in [4.69, 9.17) is 0 Å². The molecular formula is C13H17F2NO. The van der Waals surface area contributed by atoms with Crippen molar-refractivity contribution in [2.45, 2.75) is 32.7 Å². The van der Waals surface area contributed by atoms with Crippen LogP contribution in [0.5, 0.6) is 0 Å². The van der Waals surface area contributed by atoms with Gasteiger partial charge >= 0.3 is 0 Å². The second-order valence-corrected chi connectivity index (χ2v) is 4.07. The number of rotatable bonds is 6. The molecule has 0 aliphatic rings. The van der Waals surface area contributed by atoms with Gasteiger partial charge in [0, 0.05) is 24.6 Å². The van der Waals surface area contributed by atoms with E-state index in [1.165, 1.54) is 6.07 Å². The summed E-state index contributed by atoms with van der Waals surface area (Å²) in [5.41, 5.74) is 0.217. The van der Waals surface area contributed by atoms with Gasteiger partial charge in [-0.15, -0.1) is 0 Å². The highest BCUT2D eigenvalue weighted by Gasteiger charge is 2.09. The van der Waals surface area contributed by atoms with Crippen molar-refractivity contribution in [3.63, 3.8) is 0 Å². The van der Waals surface area contributed by atoms with E-state index >= 15 is 0 Å². The van der Waals surface area contributed by atoms with E-state index in [-0.39, 0.29) is 17.8 Å². The van der Waals surface area contributed by atoms with Crippen LogP contribution in [0.1, 0.15) is 37.0 Å². The lowest BCUT2D eigenvalue weighted by atomic mass is 10.1. The number of benzene rings is 1. The Morgan fingerprint density at radius 3 is 2.65 bits per heavy atom. The average molecular weight is 241 g/mol. The third-order valence-corrected chi connectivity index (χ3v) is 2.70. The molecule has 0 aliphatic carbocycles. The Labute approximate surface area is 100 Å². The van der Waals surface area contributed by atoms with Crippen LogP contribution in [0, 0.1) is 11.6 Å². The first-order chi connectivity index (χ1) is 8.04. The number of Topliss-reactive ketones (excluding diaryl/α,β-unsaturated/α-hetero) is 1. The van der Waals surface area contributed by atoms with Crippen LogP contribution in [-0.4, -0.2) is 18.4 Å². The Morgan fingerprint density at radius 1 is 1.35 bits per heavy atom. The number of carbonyl (C=O) groups excluding carboxylic acids is 1. The summed E-state index contributed by atoms with van der Waals surface area (Å²) >= 11 is 0. The summed E-state index contributed by atoms with van der Waals surface area (Å²) < 4.78 is 25.6. The van der Waals surface area contributed by atoms with Gasteiger partial charge in [-0.05, 0) is 31.5 Å². The molecule has 0 fully saturated rings. The minimum Gasteiger partial charge on any atom is -0.314 e. The smallest absolute Gasteiger partial charge is 0.164 e. The van der Waals surface area contributed by atoms with Gasteiger partial charge in [0.2, 0.25) is 0 Å². The SMILES string of the molecule is CCC(C)NCCC(=O)c1ccc(F)c(F)c1. The Balaban J connectivity index is 2.50. The summed E-state index contributed by atoms with van der Waals surface area (Å²) in [5.74, 6) is -2.09. The first kappa shape index (κ1) is 13.8. The zero-order chi connectivity index (χ0) is 12.8. The Hall–Kier alpha value is -1.29. The van der Waals surface area contributed by atoms with Crippen molar-refractivity contribution in [3.8, 4) is 0 Å². The van der Waals surface area contributed by atoms with E-state index in [0.29, 0.717) is 12.6 Å². The Morgan fingerprint density at radius 2 is 2.06 bits per heavy atom. The first-order valence-corrected chi connectivity index (χ1v) is 5.76. The minimum atomic E-state index is -0.981. The van der Waals surface area contributed by atoms with E-state index in [1.807, 2.05) is 6.92 Å². The fourth-order valence-electron chi connectivity index (χ4n) is 1.39. The van der Waals surface area contributed by atoms with Crippen LogP contribution >= 0.6 is 0 Å². The normalized spacial score (nSPS) is 12.5. The fraction of sp³-hybridized carbons (Fsp3) is 0.462. The summed E-state index contributed by atoms with van der Waals surface area (Å²) in [5, 5.41) is 3.17. The molecule has 0 heterocycles. The Kier molecular flexibility index (Phi) is 5.22. The second kappa shape index (κ2) is 6.45. The number of hydrogen-bond donors (Lipinski definition) is 1. The molecule has 1 N–H and O–H groups in total. The zero-order valence-electron chi connectivity index (χ0n) is 10.1. The molecule has 0 aromatic heterocycles. The first-order valence-electron chi connectivity index (χ1n) is 5.76. The van der Waals surface area contributed by atoms with Gasteiger partial charge in [-0.2, -0.15) is 0 Å². The van der Waals surface area contributed by atoms with Crippen LogP contribution in [-0.2, 0) is 0 Å². The molecule has 1 aromatic carbocycles.